The Morgan fingerprint density at radius 1 is 0.377 bits per heavy atom. The highest BCUT2D eigenvalue weighted by atomic mass is 32.2. The molecule has 13 rings (SSSR count). The van der Waals surface area contributed by atoms with Gasteiger partial charge in [0.1, 0.15) is 0 Å². The van der Waals surface area contributed by atoms with Crippen molar-refractivity contribution in [2.75, 3.05) is 9.80 Å². The summed E-state index contributed by atoms with van der Waals surface area (Å²) in [6, 6.07) is 61.8. The monoisotopic (exact) mass is 1020 g/mol. The highest BCUT2D eigenvalue weighted by Crippen LogP contribution is 2.56. The molecule has 0 amide bonds. The van der Waals surface area contributed by atoms with E-state index in [-0.39, 0.29) is 39.2 Å². The maximum absolute atomic E-state index is 2.74. The lowest BCUT2D eigenvalue weighted by molar-refractivity contribution is 0.332. The molecule has 0 saturated carbocycles. The summed E-state index contributed by atoms with van der Waals surface area (Å²) < 4.78 is 0. The molecule has 0 spiro atoms. The Labute approximate surface area is 465 Å². The van der Waals surface area contributed by atoms with Crippen molar-refractivity contribution in [3.63, 3.8) is 0 Å². The van der Waals surface area contributed by atoms with Gasteiger partial charge in [0.25, 0.3) is 6.71 Å². The Kier molecular flexibility index (Phi) is 11.4. The van der Waals surface area contributed by atoms with E-state index >= 15 is 0 Å². The first kappa shape index (κ1) is 50.3. The summed E-state index contributed by atoms with van der Waals surface area (Å²) in [4.78, 5) is 7.95. The molecule has 4 heteroatoms. The van der Waals surface area contributed by atoms with E-state index in [2.05, 4.69) is 258 Å². The minimum Gasteiger partial charge on any atom is -0.311 e. The van der Waals surface area contributed by atoms with Gasteiger partial charge in [-0.3, -0.25) is 0 Å². The summed E-state index contributed by atoms with van der Waals surface area (Å²) in [5.74, 6) is 0. The largest absolute Gasteiger partial charge is 0.311 e. The van der Waals surface area contributed by atoms with Crippen molar-refractivity contribution in [1.82, 2.24) is 0 Å². The van der Waals surface area contributed by atoms with Crippen LogP contribution in [0.15, 0.2) is 168 Å². The lowest BCUT2D eigenvalue weighted by atomic mass is 9.32. The van der Waals surface area contributed by atoms with Gasteiger partial charge in [-0.2, -0.15) is 0 Å². The quantitative estimate of drug-likeness (QED) is 0.153. The number of rotatable bonds is 6. The average Bonchev–Trinajstić information content (AvgIpc) is 3.48. The summed E-state index contributed by atoms with van der Waals surface area (Å²) >= 11 is 1.86. The summed E-state index contributed by atoms with van der Waals surface area (Å²) in [6.07, 6.45) is 7.02. The molecule has 388 valence electrons. The maximum Gasteiger partial charge on any atom is 0.252 e. The Bertz CT molecular complexity index is 3710. The zero-order chi connectivity index (χ0) is 53.8. The molecule has 0 fully saturated rings. The van der Waals surface area contributed by atoms with Gasteiger partial charge in [-0.05, 0) is 211 Å². The first-order valence-electron chi connectivity index (χ1n) is 28.8. The van der Waals surface area contributed by atoms with Crippen LogP contribution in [-0.4, -0.2) is 6.71 Å². The summed E-state index contributed by atoms with van der Waals surface area (Å²) in [6.45, 7) is 32.3. The lowest BCUT2D eigenvalue weighted by Gasteiger charge is -2.49. The Balaban J connectivity index is 1.17. The minimum atomic E-state index is 0.00196. The normalized spacial score (nSPS) is 19.3. The fourth-order valence-electron chi connectivity index (χ4n) is 14.8. The molecule has 0 N–H and O–H groups in total. The highest BCUT2D eigenvalue weighted by Gasteiger charge is 2.49. The Morgan fingerprint density at radius 2 is 0.831 bits per heavy atom. The van der Waals surface area contributed by atoms with Crippen molar-refractivity contribution in [3.8, 4) is 22.3 Å². The van der Waals surface area contributed by atoms with Gasteiger partial charge in [-0.15, -0.1) is 0 Å². The van der Waals surface area contributed by atoms with E-state index in [1.807, 2.05) is 11.8 Å². The third kappa shape index (κ3) is 7.95. The molecule has 2 nitrogen and oxygen atoms in total. The molecule has 3 aliphatic carbocycles. The van der Waals surface area contributed by atoms with E-state index in [9.17, 15) is 0 Å². The van der Waals surface area contributed by atoms with Gasteiger partial charge in [0, 0.05) is 43.8 Å². The molecule has 0 saturated heterocycles. The van der Waals surface area contributed by atoms with E-state index in [1.165, 1.54) is 147 Å². The van der Waals surface area contributed by atoms with Gasteiger partial charge >= 0.3 is 0 Å². The molecule has 0 aromatic heterocycles. The number of benzene rings is 8. The molecule has 2 heterocycles. The molecule has 8 aromatic carbocycles. The Hall–Kier alpha value is -6.23. The number of fused-ring (bicyclic) bond motifs is 7. The van der Waals surface area contributed by atoms with Gasteiger partial charge < -0.3 is 9.80 Å². The first-order valence-corrected chi connectivity index (χ1v) is 29.6. The molecule has 77 heavy (non-hydrogen) atoms. The van der Waals surface area contributed by atoms with Crippen molar-refractivity contribution >= 4 is 69.0 Å². The predicted octanol–water partition coefficient (Wildman–Crippen LogP) is 18.6. The standard InChI is InChI=1S/C73H77BN2S/c1-46-39-63-67-64(40-46)76(60-29-22-28-50(47-23-16-14-17-24-47)66(60)51-27-20-21-30-65(51)77-49-25-18-15-19-26-49)62-45-57-55(71(8,9)36-38-73(57,12)13)43-59(62)74(67)58-42-54-56(72(10,11)37-35-70(54,6)7)44-61(58)75(63)48-31-32-52-53(41-48)69(4,5)34-33-68(52,2)3/h14-32,39-45H,33-38H2,1-13H3. The van der Waals surface area contributed by atoms with Crippen LogP contribution in [0.5, 0.6) is 0 Å². The molecule has 0 bridgehead atoms. The molecule has 2 aliphatic heterocycles. The summed E-state index contributed by atoms with van der Waals surface area (Å²) in [7, 11) is 0. The van der Waals surface area contributed by atoms with Crippen molar-refractivity contribution in [1.29, 1.82) is 0 Å². The van der Waals surface area contributed by atoms with E-state index < -0.39 is 0 Å². The van der Waals surface area contributed by atoms with Crippen LogP contribution in [0.1, 0.15) is 161 Å². The second-order valence-corrected chi connectivity index (χ2v) is 28.9. The number of anilines is 6. The van der Waals surface area contributed by atoms with E-state index in [1.54, 1.807) is 0 Å². The van der Waals surface area contributed by atoms with Crippen LogP contribution < -0.4 is 26.2 Å². The number of aryl methyl sites for hydroxylation is 1. The van der Waals surface area contributed by atoms with Crippen LogP contribution in [0.2, 0.25) is 0 Å². The van der Waals surface area contributed by atoms with Crippen LogP contribution in [0, 0.1) is 6.92 Å². The van der Waals surface area contributed by atoms with Crippen molar-refractivity contribution in [2.24, 2.45) is 0 Å². The van der Waals surface area contributed by atoms with Gasteiger partial charge in [0.2, 0.25) is 0 Å². The number of hydrogen-bond donors (Lipinski definition) is 0. The molecule has 8 aromatic rings. The summed E-state index contributed by atoms with van der Waals surface area (Å²) in [5.41, 5.74) is 27.4. The van der Waals surface area contributed by atoms with Gasteiger partial charge in [-0.1, -0.05) is 192 Å². The minimum absolute atomic E-state index is 0.00196. The van der Waals surface area contributed by atoms with Crippen LogP contribution in [0.4, 0.5) is 34.1 Å². The summed E-state index contributed by atoms with van der Waals surface area (Å²) in [5, 5.41) is 0. The molecule has 5 aliphatic rings. The van der Waals surface area contributed by atoms with Gasteiger partial charge in [-0.25, -0.2) is 0 Å². The topological polar surface area (TPSA) is 6.48 Å². The molecule has 0 unspecified atom stereocenters. The zero-order valence-electron chi connectivity index (χ0n) is 48.1. The molecule has 0 radical (unpaired) electrons. The van der Waals surface area contributed by atoms with E-state index in [0.29, 0.717) is 0 Å². The third-order valence-electron chi connectivity index (χ3n) is 19.7. The molecule has 0 atom stereocenters. The third-order valence-corrected chi connectivity index (χ3v) is 20.8. The second kappa shape index (κ2) is 17.4. The maximum atomic E-state index is 2.74. The predicted molar refractivity (Wildman–Crippen MR) is 332 cm³/mol. The smallest absolute Gasteiger partial charge is 0.252 e. The average molecular weight is 1030 g/mol. The van der Waals surface area contributed by atoms with E-state index in [0.717, 1.165) is 12.8 Å². The van der Waals surface area contributed by atoms with Gasteiger partial charge in [0.05, 0.1) is 5.69 Å². The van der Waals surface area contributed by atoms with E-state index in [4.69, 9.17) is 0 Å². The fraction of sp³-hybridized carbons (Fsp3) is 0.342. The molecular formula is C73H77BN2S. The van der Waals surface area contributed by atoms with Crippen LogP contribution in [0.25, 0.3) is 22.3 Å². The first-order chi connectivity index (χ1) is 36.5. The SMILES string of the molecule is Cc1cc2c3c(c1)N(c1cccc(-c4ccccc4)c1-c1ccccc1Sc1ccccc1)c1cc4c(cc1B3c1cc3c(cc1N2c1ccc2c(c1)C(C)(C)CCC2(C)C)C(C)(C)CCC3(C)C)C(C)(C)CCC4(C)C. The van der Waals surface area contributed by atoms with Crippen LogP contribution >= 0.6 is 11.8 Å². The Morgan fingerprint density at radius 3 is 1.40 bits per heavy atom. The second-order valence-electron chi connectivity index (χ2n) is 27.7. The fourth-order valence-corrected chi connectivity index (χ4v) is 15.7. The highest BCUT2D eigenvalue weighted by molar-refractivity contribution is 7.99. The zero-order valence-corrected chi connectivity index (χ0v) is 49.0. The van der Waals surface area contributed by atoms with Crippen molar-refractivity contribution in [3.05, 3.63) is 197 Å². The van der Waals surface area contributed by atoms with Crippen LogP contribution in [0.3, 0.4) is 0 Å². The van der Waals surface area contributed by atoms with Crippen molar-refractivity contribution < 1.29 is 0 Å². The molecular weight excluding hydrogens is 948 g/mol. The van der Waals surface area contributed by atoms with Gasteiger partial charge in [0.15, 0.2) is 0 Å². The van der Waals surface area contributed by atoms with Crippen LogP contribution in [-0.2, 0) is 32.5 Å². The van der Waals surface area contributed by atoms with Crippen molar-refractivity contribution in [2.45, 2.75) is 171 Å². The number of nitrogens with zero attached hydrogens (tertiary/aromatic N) is 2. The lowest BCUT2D eigenvalue weighted by Crippen LogP contribution is -2.62. The number of hydrogen-bond acceptors (Lipinski definition) is 3.